The predicted molar refractivity (Wildman–Crippen MR) is 81.4 cm³/mol. The summed E-state index contributed by atoms with van der Waals surface area (Å²) >= 11 is 0. The van der Waals surface area contributed by atoms with Crippen molar-refractivity contribution in [2.24, 2.45) is 5.92 Å². The van der Waals surface area contributed by atoms with Crippen LogP contribution in [0.3, 0.4) is 0 Å². The zero-order valence-corrected chi connectivity index (χ0v) is 13.6. The van der Waals surface area contributed by atoms with Crippen molar-refractivity contribution >= 4 is 11.9 Å². The molecule has 1 saturated heterocycles. The van der Waals surface area contributed by atoms with Crippen molar-refractivity contribution in [3.63, 3.8) is 0 Å². The molecule has 1 atom stereocenters. The van der Waals surface area contributed by atoms with Crippen molar-refractivity contribution < 1.29 is 14.3 Å². The Kier molecular flexibility index (Phi) is 11.1. The lowest BCUT2D eigenvalue weighted by molar-refractivity contribution is -0.147. The summed E-state index contributed by atoms with van der Waals surface area (Å²) in [4.78, 5) is 25.0. The molecule has 0 spiro atoms. The van der Waals surface area contributed by atoms with Gasteiger partial charge in [0.25, 0.3) is 0 Å². The van der Waals surface area contributed by atoms with E-state index in [1.54, 1.807) is 11.8 Å². The van der Waals surface area contributed by atoms with Gasteiger partial charge in [-0.2, -0.15) is 0 Å². The molecule has 1 fully saturated rings. The normalized spacial score (nSPS) is 17.7. The lowest BCUT2D eigenvalue weighted by atomic mass is 10.1. The van der Waals surface area contributed by atoms with E-state index >= 15 is 0 Å². The summed E-state index contributed by atoms with van der Waals surface area (Å²) in [5, 5.41) is 0. The molecule has 0 aromatic carbocycles. The third-order valence-electron chi connectivity index (χ3n) is 3.12. The highest BCUT2D eigenvalue weighted by atomic mass is 16.5. The number of unbranched alkanes of at least 4 members (excludes halogenated alkanes) is 3. The van der Waals surface area contributed by atoms with Crippen LogP contribution in [0, 0.1) is 5.92 Å². The summed E-state index contributed by atoms with van der Waals surface area (Å²) in [7, 11) is 0. The van der Waals surface area contributed by atoms with Gasteiger partial charge in [-0.25, -0.2) is 0 Å². The Balaban J connectivity index is 0.00000110. The van der Waals surface area contributed by atoms with Crippen molar-refractivity contribution in [1.29, 1.82) is 0 Å². The van der Waals surface area contributed by atoms with Crippen molar-refractivity contribution in [3.05, 3.63) is 0 Å². The van der Waals surface area contributed by atoms with Crippen molar-refractivity contribution in [2.45, 2.75) is 66.2 Å². The zero-order chi connectivity index (χ0) is 15.4. The first-order valence-electron chi connectivity index (χ1n) is 8.04. The van der Waals surface area contributed by atoms with E-state index < -0.39 is 0 Å². The number of rotatable bonds is 7. The number of nitrogens with zero attached hydrogens (tertiary/aromatic N) is 1. The molecule has 0 aromatic rings. The SMILES string of the molecule is CCC.CCCCCCN1CC(C(=O)OCC)CC1=O. The van der Waals surface area contributed by atoms with Crippen molar-refractivity contribution in [2.75, 3.05) is 19.7 Å². The fraction of sp³-hybridized carbons (Fsp3) is 0.875. The van der Waals surface area contributed by atoms with E-state index in [0.29, 0.717) is 19.6 Å². The van der Waals surface area contributed by atoms with E-state index in [0.717, 1.165) is 19.4 Å². The Morgan fingerprint density at radius 2 is 1.85 bits per heavy atom. The molecule has 0 N–H and O–H groups in total. The van der Waals surface area contributed by atoms with E-state index in [2.05, 4.69) is 20.8 Å². The lowest BCUT2D eigenvalue weighted by Gasteiger charge is -2.15. The minimum Gasteiger partial charge on any atom is -0.466 e. The summed E-state index contributed by atoms with van der Waals surface area (Å²) in [5.74, 6) is -0.370. The molecule has 1 heterocycles. The Morgan fingerprint density at radius 1 is 1.20 bits per heavy atom. The molecular weight excluding hydrogens is 254 g/mol. The molecule has 0 aliphatic carbocycles. The van der Waals surface area contributed by atoms with Gasteiger partial charge in [0, 0.05) is 19.5 Å². The molecule has 0 bridgehead atoms. The summed E-state index contributed by atoms with van der Waals surface area (Å²) in [6.45, 7) is 9.92. The van der Waals surface area contributed by atoms with Crippen LogP contribution in [0.1, 0.15) is 66.2 Å². The number of likely N-dealkylation sites (tertiary alicyclic amines) is 1. The van der Waals surface area contributed by atoms with E-state index in [1.807, 2.05) is 0 Å². The van der Waals surface area contributed by atoms with Crippen molar-refractivity contribution in [1.82, 2.24) is 4.90 Å². The third kappa shape index (κ3) is 7.51. The fourth-order valence-electron chi connectivity index (χ4n) is 2.14. The quantitative estimate of drug-likeness (QED) is 0.532. The summed E-state index contributed by atoms with van der Waals surface area (Å²) in [6.07, 6.45) is 6.18. The van der Waals surface area contributed by atoms with Crippen LogP contribution in [-0.2, 0) is 14.3 Å². The van der Waals surface area contributed by atoms with Crippen LogP contribution in [0.2, 0.25) is 0 Å². The van der Waals surface area contributed by atoms with Gasteiger partial charge >= 0.3 is 5.97 Å². The highest BCUT2D eigenvalue weighted by Crippen LogP contribution is 2.19. The van der Waals surface area contributed by atoms with E-state index in [-0.39, 0.29) is 17.8 Å². The Labute approximate surface area is 123 Å². The van der Waals surface area contributed by atoms with Crippen LogP contribution in [0.15, 0.2) is 0 Å². The van der Waals surface area contributed by atoms with Gasteiger partial charge in [0.15, 0.2) is 0 Å². The van der Waals surface area contributed by atoms with Crippen LogP contribution < -0.4 is 0 Å². The largest absolute Gasteiger partial charge is 0.466 e. The summed E-state index contributed by atoms with van der Waals surface area (Å²) in [6, 6.07) is 0. The number of hydrogen-bond acceptors (Lipinski definition) is 3. The Morgan fingerprint density at radius 3 is 2.40 bits per heavy atom. The number of carbonyl (C=O) groups is 2. The van der Waals surface area contributed by atoms with Gasteiger partial charge in [-0.05, 0) is 13.3 Å². The molecule has 118 valence electrons. The lowest BCUT2D eigenvalue weighted by Crippen LogP contribution is -2.27. The van der Waals surface area contributed by atoms with E-state index in [9.17, 15) is 9.59 Å². The molecule has 4 nitrogen and oxygen atoms in total. The summed E-state index contributed by atoms with van der Waals surface area (Å²) in [5.41, 5.74) is 0. The van der Waals surface area contributed by atoms with Gasteiger partial charge in [-0.3, -0.25) is 9.59 Å². The standard InChI is InChI=1S/C13H23NO3.C3H8/c1-3-5-6-7-8-14-10-11(9-12(14)15)13(16)17-4-2;1-3-2/h11H,3-10H2,1-2H3;3H2,1-2H3. The van der Waals surface area contributed by atoms with Gasteiger partial charge in [-0.1, -0.05) is 46.5 Å². The molecule has 1 unspecified atom stereocenters. The topological polar surface area (TPSA) is 46.6 Å². The molecule has 0 aromatic heterocycles. The smallest absolute Gasteiger partial charge is 0.311 e. The van der Waals surface area contributed by atoms with Gasteiger partial charge in [0.2, 0.25) is 5.91 Å². The van der Waals surface area contributed by atoms with Crippen LogP contribution >= 0.6 is 0 Å². The van der Waals surface area contributed by atoms with Crippen LogP contribution in [0.4, 0.5) is 0 Å². The fourth-order valence-corrected chi connectivity index (χ4v) is 2.14. The molecule has 0 radical (unpaired) electrons. The van der Waals surface area contributed by atoms with Gasteiger partial charge in [0.05, 0.1) is 12.5 Å². The number of esters is 1. The first kappa shape index (κ1) is 18.9. The van der Waals surface area contributed by atoms with E-state index in [1.165, 1.54) is 19.3 Å². The third-order valence-corrected chi connectivity index (χ3v) is 3.12. The Bertz CT molecular complexity index is 279. The maximum absolute atomic E-state index is 11.7. The van der Waals surface area contributed by atoms with Crippen LogP contribution in [-0.4, -0.2) is 36.5 Å². The monoisotopic (exact) mass is 285 g/mol. The van der Waals surface area contributed by atoms with Crippen LogP contribution in [0.5, 0.6) is 0 Å². The molecule has 1 amide bonds. The number of hydrogen-bond donors (Lipinski definition) is 0. The number of carbonyl (C=O) groups excluding carboxylic acids is 2. The van der Waals surface area contributed by atoms with Gasteiger partial charge < -0.3 is 9.64 Å². The predicted octanol–water partition coefficient (Wildman–Crippen LogP) is 3.39. The second-order valence-corrected chi connectivity index (χ2v) is 5.26. The highest BCUT2D eigenvalue weighted by molar-refractivity contribution is 5.86. The molecular formula is C16H31NO3. The Hall–Kier alpha value is -1.06. The average molecular weight is 285 g/mol. The van der Waals surface area contributed by atoms with Crippen molar-refractivity contribution in [3.8, 4) is 0 Å². The highest BCUT2D eigenvalue weighted by Gasteiger charge is 2.34. The van der Waals surface area contributed by atoms with Gasteiger partial charge in [0.1, 0.15) is 0 Å². The van der Waals surface area contributed by atoms with Gasteiger partial charge in [-0.15, -0.1) is 0 Å². The maximum Gasteiger partial charge on any atom is 0.311 e. The first-order chi connectivity index (χ1) is 9.60. The minimum atomic E-state index is -0.242. The van der Waals surface area contributed by atoms with Crippen LogP contribution in [0.25, 0.3) is 0 Å². The number of ether oxygens (including phenoxy) is 1. The van der Waals surface area contributed by atoms with E-state index in [4.69, 9.17) is 4.74 Å². The minimum absolute atomic E-state index is 0.0968. The maximum atomic E-state index is 11.7. The molecule has 1 aliphatic heterocycles. The molecule has 1 aliphatic rings. The average Bonchev–Trinajstić information content (AvgIpc) is 2.78. The first-order valence-corrected chi connectivity index (χ1v) is 8.04. The molecule has 0 saturated carbocycles. The summed E-state index contributed by atoms with van der Waals surface area (Å²) < 4.78 is 4.95. The second kappa shape index (κ2) is 11.7. The zero-order valence-electron chi connectivity index (χ0n) is 13.6. The molecule has 4 heteroatoms. The molecule has 20 heavy (non-hydrogen) atoms. The number of amides is 1. The molecule has 1 rings (SSSR count). The second-order valence-electron chi connectivity index (χ2n) is 5.26.